The van der Waals surface area contributed by atoms with Crippen molar-refractivity contribution in [1.82, 2.24) is 14.7 Å². The maximum atomic E-state index is 11.2. The van der Waals surface area contributed by atoms with Crippen molar-refractivity contribution in [1.29, 1.82) is 0 Å². The molecule has 0 radical (unpaired) electrons. The number of aromatic nitrogens is 2. The van der Waals surface area contributed by atoms with Gasteiger partial charge in [-0.05, 0) is 27.9 Å². The van der Waals surface area contributed by atoms with E-state index in [1.165, 1.54) is 11.6 Å². The maximum Gasteiger partial charge on any atom is 0.243 e. The van der Waals surface area contributed by atoms with E-state index < -0.39 is 0 Å². The summed E-state index contributed by atoms with van der Waals surface area (Å²) in [6.45, 7) is 6.22. The van der Waals surface area contributed by atoms with E-state index in [0.29, 0.717) is 0 Å². The molecule has 1 aromatic heterocycles. The highest BCUT2D eigenvalue weighted by molar-refractivity contribution is 5.76. The molecule has 0 amide bonds. The van der Waals surface area contributed by atoms with Crippen LogP contribution in [0.2, 0.25) is 0 Å². The van der Waals surface area contributed by atoms with Gasteiger partial charge in [-0.1, -0.05) is 0 Å². The van der Waals surface area contributed by atoms with E-state index in [-0.39, 0.29) is 5.91 Å². The van der Waals surface area contributed by atoms with Crippen LogP contribution in [0, 0.1) is 13.8 Å². The molecule has 0 bridgehead atoms. The minimum absolute atomic E-state index is 0.0318. The lowest BCUT2D eigenvalue weighted by Crippen LogP contribution is -2.13. The van der Waals surface area contributed by atoms with Crippen LogP contribution in [0.5, 0.6) is 0 Å². The molecule has 0 fully saturated rings. The molecule has 1 rings (SSSR count). The second-order valence-corrected chi connectivity index (χ2v) is 3.82. The third-order valence-electron chi connectivity index (χ3n) is 2.21. The summed E-state index contributed by atoms with van der Waals surface area (Å²) in [7, 11) is 4.01. The summed E-state index contributed by atoms with van der Waals surface area (Å²) in [5, 5.41) is 4.20. The molecule has 1 aromatic rings. The average Bonchev–Trinajstić information content (AvgIpc) is 2.31. The lowest BCUT2D eigenvalue weighted by Gasteiger charge is -2.09. The summed E-state index contributed by atoms with van der Waals surface area (Å²) < 4.78 is 1.47. The fourth-order valence-corrected chi connectivity index (χ4v) is 1.53. The van der Waals surface area contributed by atoms with Gasteiger partial charge in [0.25, 0.3) is 0 Å². The smallest absolute Gasteiger partial charge is 0.243 e. The standard InChI is InChI=1S/C10H17N3O/c1-7-10(6-12(4)5)8(2)13(11-7)9(3)14/h6H2,1-5H3. The molecule has 0 atom stereocenters. The van der Waals surface area contributed by atoms with Gasteiger partial charge in [-0.2, -0.15) is 5.10 Å². The number of nitrogens with zero attached hydrogens (tertiary/aromatic N) is 3. The molecule has 0 aromatic carbocycles. The number of aryl methyl sites for hydroxylation is 1. The minimum atomic E-state index is -0.0318. The van der Waals surface area contributed by atoms with Crippen LogP contribution in [-0.4, -0.2) is 34.7 Å². The summed E-state index contributed by atoms with van der Waals surface area (Å²) in [5.41, 5.74) is 3.03. The summed E-state index contributed by atoms with van der Waals surface area (Å²) in [4.78, 5) is 13.3. The second-order valence-electron chi connectivity index (χ2n) is 3.82. The van der Waals surface area contributed by atoms with E-state index in [1.54, 1.807) is 0 Å². The van der Waals surface area contributed by atoms with Crippen LogP contribution in [0.1, 0.15) is 28.7 Å². The van der Waals surface area contributed by atoms with Crippen LogP contribution in [0.3, 0.4) is 0 Å². The Morgan fingerprint density at radius 3 is 2.36 bits per heavy atom. The SMILES string of the molecule is CC(=O)n1nc(C)c(CN(C)C)c1C. The third-order valence-corrected chi connectivity index (χ3v) is 2.21. The van der Waals surface area contributed by atoms with E-state index in [2.05, 4.69) is 10.00 Å². The Kier molecular flexibility index (Phi) is 3.06. The van der Waals surface area contributed by atoms with Gasteiger partial charge in [-0.3, -0.25) is 4.79 Å². The van der Waals surface area contributed by atoms with Crippen molar-refractivity contribution in [3.63, 3.8) is 0 Å². The van der Waals surface area contributed by atoms with Crippen molar-refractivity contribution in [3.8, 4) is 0 Å². The van der Waals surface area contributed by atoms with Crippen LogP contribution in [0.15, 0.2) is 0 Å². The minimum Gasteiger partial charge on any atom is -0.305 e. The zero-order valence-electron chi connectivity index (χ0n) is 9.46. The van der Waals surface area contributed by atoms with Crippen LogP contribution in [0.4, 0.5) is 0 Å². The van der Waals surface area contributed by atoms with Crippen LogP contribution < -0.4 is 0 Å². The Bertz CT molecular complexity index is 352. The highest BCUT2D eigenvalue weighted by atomic mass is 16.2. The second kappa shape index (κ2) is 3.92. The first-order valence-electron chi connectivity index (χ1n) is 4.64. The fraction of sp³-hybridized carbons (Fsp3) is 0.600. The Morgan fingerprint density at radius 1 is 1.43 bits per heavy atom. The summed E-state index contributed by atoms with van der Waals surface area (Å²) in [6, 6.07) is 0. The van der Waals surface area contributed by atoms with Gasteiger partial charge in [0.2, 0.25) is 5.91 Å². The Labute approximate surface area is 84.5 Å². The topological polar surface area (TPSA) is 38.1 Å². The molecule has 0 aliphatic carbocycles. The van der Waals surface area contributed by atoms with Gasteiger partial charge < -0.3 is 4.90 Å². The number of carbonyl (C=O) groups is 1. The molecule has 14 heavy (non-hydrogen) atoms. The van der Waals surface area contributed by atoms with Crippen molar-refractivity contribution < 1.29 is 4.79 Å². The van der Waals surface area contributed by atoms with Gasteiger partial charge in [0, 0.05) is 24.7 Å². The quantitative estimate of drug-likeness (QED) is 0.712. The Morgan fingerprint density at radius 2 is 2.00 bits per heavy atom. The normalized spacial score (nSPS) is 11.0. The molecule has 0 spiro atoms. The molecular formula is C10H17N3O. The number of hydrogen-bond acceptors (Lipinski definition) is 3. The lowest BCUT2D eigenvalue weighted by atomic mass is 10.2. The molecule has 0 aliphatic rings. The van der Waals surface area contributed by atoms with Crippen LogP contribution in [-0.2, 0) is 6.54 Å². The number of carbonyl (C=O) groups excluding carboxylic acids is 1. The van der Waals surface area contributed by atoms with Gasteiger partial charge in [0.1, 0.15) is 0 Å². The molecule has 4 heteroatoms. The van der Waals surface area contributed by atoms with E-state index in [0.717, 1.165) is 23.5 Å². The number of rotatable bonds is 2. The lowest BCUT2D eigenvalue weighted by molar-refractivity contribution is 0.0918. The highest BCUT2D eigenvalue weighted by Gasteiger charge is 2.13. The summed E-state index contributed by atoms with van der Waals surface area (Å²) in [6.07, 6.45) is 0. The summed E-state index contributed by atoms with van der Waals surface area (Å²) >= 11 is 0. The molecular weight excluding hydrogens is 178 g/mol. The van der Waals surface area contributed by atoms with E-state index in [9.17, 15) is 4.79 Å². The predicted molar refractivity (Wildman–Crippen MR) is 55.4 cm³/mol. The molecule has 1 heterocycles. The van der Waals surface area contributed by atoms with Crippen molar-refractivity contribution in [2.75, 3.05) is 14.1 Å². The first-order valence-corrected chi connectivity index (χ1v) is 4.64. The zero-order valence-corrected chi connectivity index (χ0v) is 9.46. The molecule has 0 saturated carbocycles. The van der Waals surface area contributed by atoms with Gasteiger partial charge in [-0.15, -0.1) is 0 Å². The van der Waals surface area contributed by atoms with E-state index in [1.807, 2.05) is 27.9 Å². The molecule has 0 aliphatic heterocycles. The monoisotopic (exact) mass is 195 g/mol. The zero-order chi connectivity index (χ0) is 10.9. The molecule has 78 valence electrons. The van der Waals surface area contributed by atoms with Gasteiger partial charge in [0.05, 0.1) is 5.69 Å². The first-order chi connectivity index (χ1) is 6.43. The molecule has 0 unspecified atom stereocenters. The maximum absolute atomic E-state index is 11.2. The molecule has 4 nitrogen and oxygen atoms in total. The number of hydrogen-bond donors (Lipinski definition) is 0. The Hall–Kier alpha value is -1.16. The first kappa shape index (κ1) is 10.9. The van der Waals surface area contributed by atoms with Crippen molar-refractivity contribution in [3.05, 3.63) is 17.0 Å². The van der Waals surface area contributed by atoms with E-state index >= 15 is 0 Å². The van der Waals surface area contributed by atoms with Crippen molar-refractivity contribution in [2.45, 2.75) is 27.3 Å². The van der Waals surface area contributed by atoms with E-state index in [4.69, 9.17) is 0 Å². The highest BCUT2D eigenvalue weighted by Crippen LogP contribution is 2.14. The largest absolute Gasteiger partial charge is 0.305 e. The molecule has 0 saturated heterocycles. The van der Waals surface area contributed by atoms with Gasteiger partial charge in [-0.25, -0.2) is 4.68 Å². The summed E-state index contributed by atoms with van der Waals surface area (Å²) in [5.74, 6) is -0.0318. The average molecular weight is 195 g/mol. The van der Waals surface area contributed by atoms with Crippen LogP contribution in [0.25, 0.3) is 0 Å². The van der Waals surface area contributed by atoms with Crippen LogP contribution >= 0.6 is 0 Å². The van der Waals surface area contributed by atoms with Gasteiger partial charge in [0.15, 0.2) is 0 Å². The van der Waals surface area contributed by atoms with Crippen molar-refractivity contribution >= 4 is 5.91 Å². The fourth-order valence-electron chi connectivity index (χ4n) is 1.53. The van der Waals surface area contributed by atoms with Crippen molar-refractivity contribution in [2.24, 2.45) is 0 Å². The molecule has 0 N–H and O–H groups in total. The van der Waals surface area contributed by atoms with Gasteiger partial charge >= 0.3 is 0 Å². The predicted octanol–water partition coefficient (Wildman–Crippen LogP) is 1.22. The third kappa shape index (κ3) is 2.01. The Balaban J connectivity index is 3.11.